The lowest BCUT2D eigenvalue weighted by atomic mass is 9.96. The van der Waals surface area contributed by atoms with Gasteiger partial charge in [0.25, 0.3) is 5.91 Å². The smallest absolute Gasteiger partial charge is 0.253 e. The van der Waals surface area contributed by atoms with Crippen molar-refractivity contribution in [2.24, 2.45) is 10.4 Å². The number of para-hydroxylation sites is 1. The van der Waals surface area contributed by atoms with Crippen LogP contribution in [0.3, 0.4) is 0 Å². The molecule has 3 nitrogen and oxygen atoms in total. The second-order valence-electron chi connectivity index (χ2n) is 5.79. The first-order valence-corrected chi connectivity index (χ1v) is 7.53. The van der Waals surface area contributed by atoms with Crippen LogP contribution in [-0.4, -0.2) is 10.5 Å². The summed E-state index contributed by atoms with van der Waals surface area (Å²) in [6.45, 7) is 8.16. The van der Waals surface area contributed by atoms with Crippen LogP contribution in [0.25, 0.3) is 10.2 Å². The fourth-order valence-corrected chi connectivity index (χ4v) is 2.93. The van der Waals surface area contributed by atoms with Gasteiger partial charge in [-0.2, -0.15) is 4.99 Å². The van der Waals surface area contributed by atoms with E-state index in [1.54, 1.807) is 10.6 Å². The predicted molar refractivity (Wildman–Crippen MR) is 80.1 cm³/mol. The van der Waals surface area contributed by atoms with E-state index >= 15 is 0 Å². The fraction of sp³-hybridized carbons (Fsp3) is 0.467. The van der Waals surface area contributed by atoms with E-state index in [9.17, 15) is 9.18 Å². The molecule has 1 heterocycles. The van der Waals surface area contributed by atoms with Crippen molar-refractivity contribution >= 4 is 27.5 Å². The minimum atomic E-state index is -0.529. The molecular formula is C15H19FN2OS. The van der Waals surface area contributed by atoms with E-state index in [-0.39, 0.29) is 11.7 Å². The van der Waals surface area contributed by atoms with Crippen molar-refractivity contribution in [3.8, 4) is 0 Å². The third-order valence-corrected chi connectivity index (χ3v) is 3.98. The van der Waals surface area contributed by atoms with Gasteiger partial charge in [0.05, 0.1) is 10.2 Å². The molecule has 0 bridgehead atoms. The van der Waals surface area contributed by atoms with E-state index in [1.807, 2.05) is 33.8 Å². The minimum absolute atomic E-state index is 0.186. The average molecular weight is 294 g/mol. The lowest BCUT2D eigenvalue weighted by molar-refractivity contribution is -0.125. The van der Waals surface area contributed by atoms with Crippen molar-refractivity contribution in [2.75, 3.05) is 0 Å². The number of aromatic nitrogens is 1. The predicted octanol–water partition coefficient (Wildman–Crippen LogP) is 3.73. The van der Waals surface area contributed by atoms with Crippen LogP contribution in [0.1, 0.15) is 34.1 Å². The summed E-state index contributed by atoms with van der Waals surface area (Å²) in [5.74, 6) is -0.453. The molecule has 2 aromatic rings. The van der Waals surface area contributed by atoms with E-state index in [2.05, 4.69) is 4.99 Å². The molecule has 1 aromatic heterocycles. The van der Waals surface area contributed by atoms with Gasteiger partial charge in [0.15, 0.2) is 4.80 Å². The number of rotatable bonds is 2. The Hall–Kier alpha value is -1.49. The quantitative estimate of drug-likeness (QED) is 0.831. The highest BCUT2D eigenvalue weighted by Crippen LogP contribution is 2.21. The topological polar surface area (TPSA) is 34.4 Å². The summed E-state index contributed by atoms with van der Waals surface area (Å²) >= 11 is 1.36. The molecule has 0 aliphatic rings. The van der Waals surface area contributed by atoms with Gasteiger partial charge in [-0.15, -0.1) is 0 Å². The first kappa shape index (κ1) is 14.9. The zero-order valence-corrected chi connectivity index (χ0v) is 13.1. The average Bonchev–Trinajstić information content (AvgIpc) is 2.68. The van der Waals surface area contributed by atoms with Crippen LogP contribution < -0.4 is 4.80 Å². The molecule has 0 fully saturated rings. The summed E-state index contributed by atoms with van der Waals surface area (Å²) in [5.41, 5.74) is 0.0125. The number of benzene rings is 1. The second-order valence-corrected chi connectivity index (χ2v) is 6.80. The fourth-order valence-electron chi connectivity index (χ4n) is 1.86. The van der Waals surface area contributed by atoms with Crippen LogP contribution in [0.2, 0.25) is 0 Å². The highest BCUT2D eigenvalue weighted by Gasteiger charge is 2.21. The highest BCUT2D eigenvalue weighted by molar-refractivity contribution is 7.16. The first-order valence-electron chi connectivity index (χ1n) is 6.71. The maximum absolute atomic E-state index is 14.0. The van der Waals surface area contributed by atoms with Crippen LogP contribution in [0.4, 0.5) is 4.39 Å². The van der Waals surface area contributed by atoms with Gasteiger partial charge in [0.2, 0.25) is 0 Å². The van der Waals surface area contributed by atoms with Gasteiger partial charge in [0, 0.05) is 12.0 Å². The van der Waals surface area contributed by atoms with Gasteiger partial charge < -0.3 is 4.57 Å². The molecule has 2 rings (SSSR count). The molecule has 0 radical (unpaired) electrons. The van der Waals surface area contributed by atoms with Gasteiger partial charge in [-0.3, -0.25) is 4.79 Å². The van der Waals surface area contributed by atoms with Crippen LogP contribution in [0.15, 0.2) is 23.2 Å². The molecule has 1 aromatic carbocycles. The molecule has 0 saturated heterocycles. The summed E-state index contributed by atoms with van der Waals surface area (Å²) in [6, 6.07) is 4.98. The monoisotopic (exact) mass is 294 g/mol. The normalized spacial score (nSPS) is 13.2. The van der Waals surface area contributed by atoms with Gasteiger partial charge in [-0.05, 0) is 18.6 Å². The van der Waals surface area contributed by atoms with Crippen LogP contribution in [0, 0.1) is 11.2 Å². The number of amides is 1. The Balaban J connectivity index is 2.70. The van der Waals surface area contributed by atoms with Crippen molar-refractivity contribution in [2.45, 2.75) is 40.7 Å². The van der Waals surface area contributed by atoms with Crippen LogP contribution in [-0.2, 0) is 11.3 Å². The number of nitrogens with zero attached hydrogens (tertiary/aromatic N) is 2. The molecule has 1 amide bonds. The molecule has 0 atom stereocenters. The van der Waals surface area contributed by atoms with E-state index in [1.165, 1.54) is 17.4 Å². The summed E-state index contributed by atoms with van der Waals surface area (Å²) < 4.78 is 16.6. The van der Waals surface area contributed by atoms with E-state index in [0.29, 0.717) is 16.9 Å². The molecular weight excluding hydrogens is 275 g/mol. The van der Waals surface area contributed by atoms with Gasteiger partial charge in [-0.25, -0.2) is 4.39 Å². The van der Waals surface area contributed by atoms with E-state index < -0.39 is 5.41 Å². The number of hydrogen-bond acceptors (Lipinski definition) is 2. The Bertz CT molecular complexity index is 707. The molecule has 0 unspecified atom stereocenters. The zero-order chi connectivity index (χ0) is 14.9. The van der Waals surface area contributed by atoms with Crippen molar-refractivity contribution in [3.05, 3.63) is 28.8 Å². The molecule has 0 aliphatic carbocycles. The van der Waals surface area contributed by atoms with Crippen molar-refractivity contribution in [1.29, 1.82) is 0 Å². The largest absolute Gasteiger partial charge is 0.314 e. The highest BCUT2D eigenvalue weighted by atomic mass is 32.1. The Morgan fingerprint density at radius 3 is 2.70 bits per heavy atom. The van der Waals surface area contributed by atoms with E-state index in [4.69, 9.17) is 0 Å². The third kappa shape index (κ3) is 2.82. The SMILES string of the molecule is CCCn1c(=NC(=O)C(C)(C)C)sc2cccc(F)c21. The number of thiazole rings is 1. The van der Waals surface area contributed by atoms with Gasteiger partial charge >= 0.3 is 0 Å². The zero-order valence-electron chi connectivity index (χ0n) is 12.2. The van der Waals surface area contributed by atoms with Gasteiger partial charge in [-0.1, -0.05) is 45.1 Å². The summed E-state index contributed by atoms with van der Waals surface area (Å²) in [4.78, 5) is 16.9. The number of carbonyl (C=O) groups is 1. The number of aryl methyl sites for hydroxylation is 1. The van der Waals surface area contributed by atoms with Crippen molar-refractivity contribution in [1.82, 2.24) is 4.57 Å². The maximum Gasteiger partial charge on any atom is 0.253 e. The molecule has 0 spiro atoms. The van der Waals surface area contributed by atoms with Crippen molar-refractivity contribution in [3.63, 3.8) is 0 Å². The molecule has 5 heteroatoms. The first-order chi connectivity index (χ1) is 9.34. The van der Waals surface area contributed by atoms with Crippen LogP contribution >= 0.6 is 11.3 Å². The van der Waals surface area contributed by atoms with Crippen LogP contribution in [0.5, 0.6) is 0 Å². The van der Waals surface area contributed by atoms with Crippen molar-refractivity contribution < 1.29 is 9.18 Å². The standard InChI is InChI=1S/C15H19FN2OS/c1-5-9-18-12-10(16)7-6-8-11(12)20-14(18)17-13(19)15(2,3)4/h6-8H,5,9H2,1-4H3. The lowest BCUT2D eigenvalue weighted by Crippen LogP contribution is -2.23. The molecule has 20 heavy (non-hydrogen) atoms. The number of carbonyl (C=O) groups excluding carboxylic acids is 1. The Morgan fingerprint density at radius 2 is 2.10 bits per heavy atom. The summed E-state index contributed by atoms with van der Waals surface area (Å²) in [5, 5.41) is 0. The van der Waals surface area contributed by atoms with Gasteiger partial charge in [0.1, 0.15) is 5.82 Å². The maximum atomic E-state index is 14.0. The molecule has 0 saturated carbocycles. The summed E-state index contributed by atoms with van der Waals surface area (Å²) in [6.07, 6.45) is 0.858. The number of fused-ring (bicyclic) bond motifs is 1. The Kier molecular flexibility index (Phi) is 4.09. The summed E-state index contributed by atoms with van der Waals surface area (Å²) in [7, 11) is 0. The number of hydrogen-bond donors (Lipinski definition) is 0. The number of halogens is 1. The molecule has 0 aliphatic heterocycles. The Labute approximate surface area is 121 Å². The van der Waals surface area contributed by atoms with E-state index in [0.717, 1.165) is 11.1 Å². The Morgan fingerprint density at radius 1 is 1.40 bits per heavy atom. The molecule has 108 valence electrons. The third-order valence-electron chi connectivity index (χ3n) is 2.94. The minimum Gasteiger partial charge on any atom is -0.314 e. The molecule has 0 N–H and O–H groups in total. The lowest BCUT2D eigenvalue weighted by Gasteiger charge is -2.11. The second kappa shape index (κ2) is 5.48.